The average Bonchev–Trinajstić information content (AvgIpc) is 3.02. The molecule has 9 heteroatoms. The predicted molar refractivity (Wildman–Crippen MR) is 103 cm³/mol. The molecule has 0 bridgehead atoms. The molecule has 28 heavy (non-hydrogen) atoms. The number of hydrogen-bond donors (Lipinski definition) is 1. The fourth-order valence-corrected chi connectivity index (χ4v) is 2.91. The lowest BCUT2D eigenvalue weighted by atomic mass is 10.1. The van der Waals surface area contributed by atoms with Gasteiger partial charge in [0.2, 0.25) is 0 Å². The van der Waals surface area contributed by atoms with Crippen LogP contribution in [0.1, 0.15) is 5.69 Å². The van der Waals surface area contributed by atoms with Crippen molar-refractivity contribution in [3.63, 3.8) is 0 Å². The van der Waals surface area contributed by atoms with E-state index in [-0.39, 0.29) is 18.1 Å². The van der Waals surface area contributed by atoms with Crippen LogP contribution in [0.3, 0.4) is 0 Å². The number of rotatable bonds is 2. The van der Waals surface area contributed by atoms with Crippen molar-refractivity contribution in [3.05, 3.63) is 82.8 Å². The van der Waals surface area contributed by atoms with E-state index < -0.39 is 17.4 Å². The maximum Gasteiger partial charge on any atom is 0.433 e. The minimum Gasteiger partial charge on any atom is -0.399 e. The molecule has 2 heterocycles. The van der Waals surface area contributed by atoms with Gasteiger partial charge in [0.1, 0.15) is 0 Å². The van der Waals surface area contributed by atoms with Crippen LogP contribution in [-0.2, 0) is 6.18 Å². The van der Waals surface area contributed by atoms with Gasteiger partial charge in [-0.2, -0.15) is 17.7 Å². The summed E-state index contributed by atoms with van der Waals surface area (Å²) in [7, 11) is 0. The minimum absolute atomic E-state index is 0. The Hall–Kier alpha value is -3.26. The molecule has 0 atom stereocenters. The molecule has 0 amide bonds. The number of fused-ring (bicyclic) bond motifs is 1. The monoisotopic (exact) mass is 406 g/mol. The first-order valence-electron chi connectivity index (χ1n) is 7.99. The van der Waals surface area contributed by atoms with E-state index in [1.165, 1.54) is 10.7 Å². The Morgan fingerprint density at radius 3 is 2.18 bits per heavy atom. The largest absolute Gasteiger partial charge is 0.433 e. The molecule has 0 unspecified atom stereocenters. The molecule has 144 valence electrons. The maximum atomic E-state index is 13.1. The number of hydrogen-bond acceptors (Lipinski definition) is 3. The topological polar surface area (TPSA) is 65.3 Å². The summed E-state index contributed by atoms with van der Waals surface area (Å²) < 4.78 is 41.8. The van der Waals surface area contributed by atoms with Gasteiger partial charge in [-0.15, -0.1) is 12.4 Å². The van der Waals surface area contributed by atoms with Crippen LogP contribution in [0.25, 0.3) is 22.6 Å². The van der Waals surface area contributed by atoms with Crippen LogP contribution in [0, 0.1) is 0 Å². The molecule has 0 aliphatic rings. The second-order valence-electron chi connectivity index (χ2n) is 5.95. The van der Waals surface area contributed by atoms with E-state index in [0.29, 0.717) is 23.1 Å². The second-order valence-corrected chi connectivity index (χ2v) is 5.95. The summed E-state index contributed by atoms with van der Waals surface area (Å²) in [6.45, 7) is 0. The molecule has 2 aromatic carbocycles. The van der Waals surface area contributed by atoms with Crippen LogP contribution in [0.5, 0.6) is 0 Å². The first-order valence-corrected chi connectivity index (χ1v) is 7.99. The van der Waals surface area contributed by atoms with Crippen molar-refractivity contribution in [1.29, 1.82) is 0 Å². The normalized spacial score (nSPS) is 11.4. The van der Waals surface area contributed by atoms with Gasteiger partial charge in [0, 0.05) is 23.4 Å². The standard InChI is InChI=1S/C19H13F3N4O.ClH/c20-19(21,22)16-11-18(27)26-17(24-16)10-15(12-4-2-1-3-5-12)25(26)14-8-6-13(23)7-9-14;/h1-11H,23H2;1H. The van der Waals surface area contributed by atoms with Crippen LogP contribution >= 0.6 is 12.4 Å². The van der Waals surface area contributed by atoms with Crippen molar-refractivity contribution in [2.75, 3.05) is 5.73 Å². The van der Waals surface area contributed by atoms with Gasteiger partial charge < -0.3 is 5.73 Å². The summed E-state index contributed by atoms with van der Waals surface area (Å²) in [5.74, 6) is 0. The lowest BCUT2D eigenvalue weighted by Gasteiger charge is -2.12. The molecule has 2 aromatic heterocycles. The Labute approximate surface area is 163 Å². The van der Waals surface area contributed by atoms with E-state index >= 15 is 0 Å². The Kier molecular flexibility index (Phi) is 4.91. The summed E-state index contributed by atoms with van der Waals surface area (Å²) in [6, 6.07) is 17.7. The molecule has 0 radical (unpaired) electrons. The summed E-state index contributed by atoms with van der Waals surface area (Å²) >= 11 is 0. The fourth-order valence-electron chi connectivity index (χ4n) is 2.91. The highest BCUT2D eigenvalue weighted by Crippen LogP contribution is 2.29. The van der Waals surface area contributed by atoms with Crippen molar-refractivity contribution < 1.29 is 13.2 Å². The number of aromatic nitrogens is 3. The van der Waals surface area contributed by atoms with Gasteiger partial charge in [-0.1, -0.05) is 30.3 Å². The number of alkyl halides is 3. The van der Waals surface area contributed by atoms with Gasteiger partial charge in [-0.3, -0.25) is 4.79 Å². The third kappa shape index (κ3) is 3.34. The summed E-state index contributed by atoms with van der Waals surface area (Å²) in [5, 5.41) is 0. The molecular weight excluding hydrogens is 393 g/mol. The van der Waals surface area contributed by atoms with Crippen LogP contribution < -0.4 is 11.3 Å². The lowest BCUT2D eigenvalue weighted by Crippen LogP contribution is -2.23. The molecule has 4 rings (SSSR count). The maximum absolute atomic E-state index is 13.1. The summed E-state index contributed by atoms with van der Waals surface area (Å²) in [5.41, 5.74) is 5.95. The third-order valence-electron chi connectivity index (χ3n) is 4.11. The van der Waals surface area contributed by atoms with Gasteiger partial charge in [0.15, 0.2) is 11.3 Å². The molecule has 0 aliphatic carbocycles. The highest BCUT2D eigenvalue weighted by Gasteiger charge is 2.34. The van der Waals surface area contributed by atoms with Crippen molar-refractivity contribution in [3.8, 4) is 16.9 Å². The fraction of sp³-hybridized carbons (Fsp3) is 0.0526. The van der Waals surface area contributed by atoms with E-state index in [1.807, 2.05) is 6.07 Å². The van der Waals surface area contributed by atoms with Gasteiger partial charge in [0.05, 0.1) is 11.4 Å². The van der Waals surface area contributed by atoms with E-state index in [4.69, 9.17) is 5.73 Å². The van der Waals surface area contributed by atoms with E-state index in [2.05, 4.69) is 4.98 Å². The zero-order chi connectivity index (χ0) is 19.2. The zero-order valence-corrected chi connectivity index (χ0v) is 15.0. The quantitative estimate of drug-likeness (QED) is 0.508. The highest BCUT2D eigenvalue weighted by atomic mass is 35.5. The van der Waals surface area contributed by atoms with Crippen LogP contribution in [0.15, 0.2) is 71.5 Å². The van der Waals surface area contributed by atoms with Crippen molar-refractivity contribution in [2.24, 2.45) is 0 Å². The molecule has 0 aliphatic heterocycles. The molecule has 2 N–H and O–H groups in total. The SMILES string of the molecule is Cl.Nc1ccc(-n2c(-c3ccccc3)cc3nc(C(F)(F)F)cc(=O)n32)cc1. The van der Waals surface area contributed by atoms with Crippen molar-refractivity contribution >= 4 is 23.7 Å². The third-order valence-corrected chi connectivity index (χ3v) is 4.11. The molecule has 5 nitrogen and oxygen atoms in total. The summed E-state index contributed by atoms with van der Waals surface area (Å²) in [4.78, 5) is 16.2. The first kappa shape index (κ1) is 19.5. The van der Waals surface area contributed by atoms with Gasteiger partial charge in [0.25, 0.3) is 5.56 Å². The molecule has 0 fully saturated rings. The minimum atomic E-state index is -4.70. The van der Waals surface area contributed by atoms with E-state index in [9.17, 15) is 18.0 Å². The van der Waals surface area contributed by atoms with Gasteiger partial charge in [-0.05, 0) is 24.3 Å². The Morgan fingerprint density at radius 2 is 1.57 bits per heavy atom. The Balaban J connectivity index is 0.00000225. The molecule has 4 aromatic rings. The van der Waals surface area contributed by atoms with Crippen molar-refractivity contribution in [2.45, 2.75) is 6.18 Å². The van der Waals surface area contributed by atoms with E-state index in [0.717, 1.165) is 10.1 Å². The number of nitrogens with two attached hydrogens (primary N) is 1. The Morgan fingerprint density at radius 1 is 0.929 bits per heavy atom. The second kappa shape index (κ2) is 7.05. The number of nitrogens with zero attached hydrogens (tertiary/aromatic N) is 3. The smallest absolute Gasteiger partial charge is 0.399 e. The molecular formula is C19H14ClF3N4O. The zero-order valence-electron chi connectivity index (χ0n) is 14.2. The van der Waals surface area contributed by atoms with Crippen LogP contribution in [0.2, 0.25) is 0 Å². The van der Waals surface area contributed by atoms with E-state index in [1.54, 1.807) is 48.5 Å². The molecule has 0 spiro atoms. The van der Waals surface area contributed by atoms with Crippen LogP contribution in [-0.4, -0.2) is 14.2 Å². The van der Waals surface area contributed by atoms with Gasteiger partial charge in [-0.25, -0.2) is 9.67 Å². The number of nitrogen functional groups attached to an aromatic ring is 1. The average molecular weight is 407 g/mol. The highest BCUT2D eigenvalue weighted by molar-refractivity contribution is 5.85. The molecule has 0 saturated heterocycles. The molecule has 0 saturated carbocycles. The Bertz CT molecular complexity index is 1180. The van der Waals surface area contributed by atoms with Gasteiger partial charge >= 0.3 is 6.18 Å². The van der Waals surface area contributed by atoms with Crippen LogP contribution in [0.4, 0.5) is 18.9 Å². The lowest BCUT2D eigenvalue weighted by molar-refractivity contribution is -0.141. The summed E-state index contributed by atoms with van der Waals surface area (Å²) in [6.07, 6.45) is -4.70. The number of anilines is 1. The number of benzene rings is 2. The predicted octanol–water partition coefficient (Wildman–Crippen LogP) is 4.18. The number of halogens is 4. The van der Waals surface area contributed by atoms with Crippen molar-refractivity contribution in [1.82, 2.24) is 14.2 Å². The first-order chi connectivity index (χ1) is 12.8.